The number of nitrogens with zero attached hydrogens (tertiary/aromatic N) is 3. The molecular weight excluding hydrogens is 348 g/mol. The standard InChI is InChI=1S/C23H28N4O/c1-26-12-13-28-22(18-26)15-24-14-21-17-27(16-19-8-4-2-5-9-19)25-23(21)20-10-6-3-7-11-20/h2-11,17,22,24H,12-16,18H2,1H3. The van der Waals surface area contributed by atoms with Crippen molar-refractivity contribution in [3.05, 3.63) is 78.0 Å². The summed E-state index contributed by atoms with van der Waals surface area (Å²) in [5, 5.41) is 8.46. The Morgan fingerprint density at radius 3 is 2.57 bits per heavy atom. The Morgan fingerprint density at radius 2 is 1.82 bits per heavy atom. The molecule has 0 amide bonds. The number of nitrogens with one attached hydrogen (secondary N) is 1. The summed E-state index contributed by atoms with van der Waals surface area (Å²) in [5.74, 6) is 0. The van der Waals surface area contributed by atoms with Gasteiger partial charge in [0.25, 0.3) is 0 Å². The van der Waals surface area contributed by atoms with E-state index in [0.29, 0.717) is 0 Å². The molecule has 0 spiro atoms. The van der Waals surface area contributed by atoms with Crippen LogP contribution in [0.15, 0.2) is 66.9 Å². The van der Waals surface area contributed by atoms with Crippen LogP contribution in [0.25, 0.3) is 11.3 Å². The van der Waals surface area contributed by atoms with E-state index >= 15 is 0 Å². The number of morpholine rings is 1. The van der Waals surface area contributed by atoms with Crippen molar-refractivity contribution in [3.8, 4) is 11.3 Å². The van der Waals surface area contributed by atoms with Gasteiger partial charge in [-0.2, -0.15) is 5.10 Å². The van der Waals surface area contributed by atoms with Gasteiger partial charge in [-0.15, -0.1) is 0 Å². The fraction of sp³-hybridized carbons (Fsp3) is 0.348. The molecule has 1 aliphatic rings. The third kappa shape index (κ3) is 4.87. The van der Waals surface area contributed by atoms with E-state index in [-0.39, 0.29) is 6.10 Å². The fourth-order valence-corrected chi connectivity index (χ4v) is 3.64. The van der Waals surface area contributed by atoms with Crippen molar-refractivity contribution < 1.29 is 4.74 Å². The molecule has 1 unspecified atom stereocenters. The second kappa shape index (κ2) is 9.15. The zero-order chi connectivity index (χ0) is 19.2. The topological polar surface area (TPSA) is 42.3 Å². The maximum Gasteiger partial charge on any atom is 0.0968 e. The molecule has 1 aliphatic heterocycles. The molecule has 1 N–H and O–H groups in total. The average Bonchev–Trinajstić information content (AvgIpc) is 3.12. The van der Waals surface area contributed by atoms with Crippen LogP contribution in [-0.4, -0.2) is 54.1 Å². The predicted octanol–water partition coefficient (Wildman–Crippen LogP) is 3.02. The Morgan fingerprint density at radius 1 is 1.07 bits per heavy atom. The molecule has 5 nitrogen and oxygen atoms in total. The van der Waals surface area contributed by atoms with Crippen molar-refractivity contribution in [1.82, 2.24) is 20.0 Å². The minimum absolute atomic E-state index is 0.248. The third-order valence-corrected chi connectivity index (χ3v) is 5.10. The van der Waals surface area contributed by atoms with Crippen molar-refractivity contribution >= 4 is 0 Å². The molecule has 1 aromatic heterocycles. The van der Waals surface area contributed by atoms with Gasteiger partial charge in [-0.25, -0.2) is 0 Å². The molecule has 28 heavy (non-hydrogen) atoms. The van der Waals surface area contributed by atoms with E-state index in [4.69, 9.17) is 9.84 Å². The normalized spacial score (nSPS) is 17.7. The van der Waals surface area contributed by atoms with Gasteiger partial charge < -0.3 is 15.0 Å². The zero-order valence-electron chi connectivity index (χ0n) is 16.4. The highest BCUT2D eigenvalue weighted by Crippen LogP contribution is 2.22. The lowest BCUT2D eigenvalue weighted by Crippen LogP contribution is -2.44. The first-order valence-electron chi connectivity index (χ1n) is 9.94. The van der Waals surface area contributed by atoms with E-state index in [2.05, 4.69) is 72.0 Å². The average molecular weight is 377 g/mol. The number of rotatable bonds is 7. The van der Waals surface area contributed by atoms with Gasteiger partial charge in [-0.1, -0.05) is 60.7 Å². The quantitative estimate of drug-likeness (QED) is 0.688. The molecule has 1 atom stereocenters. The van der Waals surface area contributed by atoms with Crippen LogP contribution in [0.5, 0.6) is 0 Å². The molecule has 0 bridgehead atoms. The molecule has 0 saturated carbocycles. The van der Waals surface area contributed by atoms with E-state index in [1.165, 1.54) is 11.1 Å². The third-order valence-electron chi connectivity index (χ3n) is 5.10. The van der Waals surface area contributed by atoms with Crippen LogP contribution in [0.1, 0.15) is 11.1 Å². The first-order chi connectivity index (χ1) is 13.8. The zero-order valence-corrected chi connectivity index (χ0v) is 16.4. The Balaban J connectivity index is 1.47. The number of aromatic nitrogens is 2. The summed E-state index contributed by atoms with van der Waals surface area (Å²) in [6, 6.07) is 20.9. The van der Waals surface area contributed by atoms with Gasteiger partial charge >= 0.3 is 0 Å². The van der Waals surface area contributed by atoms with Crippen LogP contribution in [0.2, 0.25) is 0 Å². The highest BCUT2D eigenvalue weighted by Gasteiger charge is 2.18. The molecular formula is C23H28N4O. The first-order valence-corrected chi connectivity index (χ1v) is 9.94. The molecule has 3 aromatic rings. The van der Waals surface area contributed by atoms with E-state index in [9.17, 15) is 0 Å². The van der Waals surface area contributed by atoms with Crippen molar-refractivity contribution in [2.45, 2.75) is 19.2 Å². The smallest absolute Gasteiger partial charge is 0.0968 e. The Hall–Kier alpha value is -2.47. The summed E-state index contributed by atoms with van der Waals surface area (Å²) < 4.78 is 7.90. The van der Waals surface area contributed by atoms with Crippen molar-refractivity contribution in [1.29, 1.82) is 0 Å². The first kappa shape index (κ1) is 18.9. The summed E-state index contributed by atoms with van der Waals surface area (Å²) in [4.78, 5) is 2.32. The number of hydrogen-bond acceptors (Lipinski definition) is 4. The maximum absolute atomic E-state index is 5.86. The highest BCUT2D eigenvalue weighted by molar-refractivity contribution is 5.62. The summed E-state index contributed by atoms with van der Waals surface area (Å²) in [6.07, 6.45) is 2.41. The Kier molecular flexibility index (Phi) is 6.17. The van der Waals surface area contributed by atoms with Gasteiger partial charge in [0.1, 0.15) is 0 Å². The van der Waals surface area contributed by atoms with Crippen LogP contribution in [0, 0.1) is 0 Å². The van der Waals surface area contributed by atoms with E-state index < -0.39 is 0 Å². The van der Waals surface area contributed by atoms with Gasteiger partial charge in [-0.3, -0.25) is 4.68 Å². The van der Waals surface area contributed by atoms with Gasteiger partial charge in [0.05, 0.1) is 24.9 Å². The Labute approximate surface area is 166 Å². The fourth-order valence-electron chi connectivity index (χ4n) is 3.64. The molecule has 4 rings (SSSR count). The van der Waals surface area contributed by atoms with Crippen LogP contribution in [0.4, 0.5) is 0 Å². The van der Waals surface area contributed by atoms with Crippen molar-refractivity contribution in [2.24, 2.45) is 0 Å². The number of ether oxygens (including phenoxy) is 1. The summed E-state index contributed by atoms with van der Waals surface area (Å²) in [7, 11) is 2.15. The highest BCUT2D eigenvalue weighted by atomic mass is 16.5. The largest absolute Gasteiger partial charge is 0.374 e. The van der Waals surface area contributed by atoms with E-state index in [1.807, 2.05) is 16.8 Å². The summed E-state index contributed by atoms with van der Waals surface area (Å²) in [5.41, 5.74) is 4.67. The van der Waals surface area contributed by atoms with Gasteiger partial charge in [0, 0.05) is 43.5 Å². The predicted molar refractivity (Wildman–Crippen MR) is 112 cm³/mol. The van der Waals surface area contributed by atoms with Crippen LogP contribution >= 0.6 is 0 Å². The van der Waals surface area contributed by atoms with E-state index in [0.717, 1.165) is 50.6 Å². The van der Waals surface area contributed by atoms with Crippen LogP contribution in [0.3, 0.4) is 0 Å². The molecule has 146 valence electrons. The van der Waals surface area contributed by atoms with Gasteiger partial charge in [0.2, 0.25) is 0 Å². The summed E-state index contributed by atoms with van der Waals surface area (Å²) >= 11 is 0. The minimum atomic E-state index is 0.248. The van der Waals surface area contributed by atoms with Crippen molar-refractivity contribution in [2.75, 3.05) is 33.3 Å². The molecule has 0 aliphatic carbocycles. The maximum atomic E-state index is 5.86. The second-order valence-electron chi connectivity index (χ2n) is 7.44. The lowest BCUT2D eigenvalue weighted by molar-refractivity contribution is -0.0182. The molecule has 2 aromatic carbocycles. The minimum Gasteiger partial charge on any atom is -0.374 e. The molecule has 2 heterocycles. The molecule has 1 saturated heterocycles. The van der Waals surface area contributed by atoms with Gasteiger partial charge in [0.15, 0.2) is 0 Å². The van der Waals surface area contributed by atoms with Crippen LogP contribution < -0.4 is 5.32 Å². The molecule has 5 heteroatoms. The number of benzene rings is 2. The van der Waals surface area contributed by atoms with Crippen molar-refractivity contribution in [3.63, 3.8) is 0 Å². The lowest BCUT2D eigenvalue weighted by atomic mass is 10.1. The van der Waals surface area contributed by atoms with Crippen LogP contribution in [-0.2, 0) is 17.8 Å². The molecule has 1 fully saturated rings. The number of likely N-dealkylation sites (N-methyl/N-ethyl adjacent to an activating group) is 1. The number of hydrogen-bond donors (Lipinski definition) is 1. The SMILES string of the molecule is CN1CCOC(CNCc2cn(Cc3ccccc3)nc2-c2ccccc2)C1. The Bertz CT molecular complexity index is 863. The summed E-state index contributed by atoms with van der Waals surface area (Å²) in [6.45, 7) is 5.21. The lowest BCUT2D eigenvalue weighted by Gasteiger charge is -2.30. The van der Waals surface area contributed by atoms with E-state index in [1.54, 1.807) is 0 Å². The van der Waals surface area contributed by atoms with Gasteiger partial charge in [-0.05, 0) is 12.6 Å². The monoisotopic (exact) mass is 376 g/mol. The molecule has 0 radical (unpaired) electrons. The second-order valence-corrected chi connectivity index (χ2v) is 7.44.